The Kier molecular flexibility index (Phi) is 6.74. The van der Waals surface area contributed by atoms with Crippen LogP contribution >= 0.6 is 0 Å². The first kappa shape index (κ1) is 22.1. The van der Waals surface area contributed by atoms with Crippen molar-refractivity contribution in [1.82, 2.24) is 15.1 Å². The van der Waals surface area contributed by atoms with Crippen molar-refractivity contribution in [2.75, 3.05) is 13.2 Å². The fourth-order valence-corrected chi connectivity index (χ4v) is 2.83. The molecular formula is C22H20F3N3O3. The summed E-state index contributed by atoms with van der Waals surface area (Å²) in [5, 5.41) is 6.87. The maximum absolute atomic E-state index is 12.7. The van der Waals surface area contributed by atoms with Crippen molar-refractivity contribution in [1.29, 1.82) is 0 Å². The molecule has 0 aliphatic rings. The van der Waals surface area contributed by atoms with Gasteiger partial charge in [-0.1, -0.05) is 36.4 Å². The van der Waals surface area contributed by atoms with Crippen molar-refractivity contribution >= 4 is 5.91 Å². The minimum atomic E-state index is -4.46. The average molecular weight is 431 g/mol. The van der Waals surface area contributed by atoms with Crippen LogP contribution in [0, 0.1) is 0 Å². The van der Waals surface area contributed by atoms with Crippen LogP contribution in [-0.2, 0) is 11.0 Å². The fraction of sp³-hybridized carbons (Fsp3) is 0.227. The van der Waals surface area contributed by atoms with Crippen LogP contribution in [0.4, 0.5) is 13.2 Å². The lowest BCUT2D eigenvalue weighted by Gasteiger charge is -2.15. The minimum absolute atomic E-state index is 0.0356. The van der Waals surface area contributed by atoms with Gasteiger partial charge in [0, 0.05) is 11.6 Å². The zero-order chi connectivity index (χ0) is 22.4. The van der Waals surface area contributed by atoms with Crippen LogP contribution in [0.5, 0.6) is 5.75 Å². The largest absolute Gasteiger partial charge is 0.492 e. The van der Waals surface area contributed by atoms with Crippen LogP contribution in [-0.4, -0.2) is 28.8 Å². The highest BCUT2D eigenvalue weighted by Gasteiger charge is 2.30. The quantitative estimate of drug-likeness (QED) is 0.580. The number of hydrogen-bond acceptors (Lipinski definition) is 4. The van der Waals surface area contributed by atoms with Gasteiger partial charge in [0.1, 0.15) is 18.4 Å². The summed E-state index contributed by atoms with van der Waals surface area (Å²) < 4.78 is 44.6. The van der Waals surface area contributed by atoms with Crippen LogP contribution in [0.3, 0.4) is 0 Å². The predicted molar refractivity (Wildman–Crippen MR) is 109 cm³/mol. The lowest BCUT2D eigenvalue weighted by atomic mass is 10.1. The van der Waals surface area contributed by atoms with E-state index in [1.165, 1.54) is 25.1 Å². The summed E-state index contributed by atoms with van der Waals surface area (Å²) in [6, 6.07) is 15.8. The average Bonchev–Trinajstić information content (AvgIpc) is 2.76. The Hall–Kier alpha value is -3.62. The van der Waals surface area contributed by atoms with Gasteiger partial charge in [-0.3, -0.25) is 9.59 Å². The number of carbonyl (C=O) groups excluding carboxylic acids is 1. The number of alkyl halides is 3. The second-order valence-electron chi connectivity index (χ2n) is 6.71. The van der Waals surface area contributed by atoms with Gasteiger partial charge in [0.15, 0.2) is 0 Å². The third kappa shape index (κ3) is 5.71. The molecule has 31 heavy (non-hydrogen) atoms. The highest BCUT2D eigenvalue weighted by Crippen LogP contribution is 2.31. The van der Waals surface area contributed by atoms with E-state index in [0.717, 1.165) is 22.4 Å². The van der Waals surface area contributed by atoms with Crippen LogP contribution < -0.4 is 15.6 Å². The van der Waals surface area contributed by atoms with Gasteiger partial charge in [-0.15, -0.1) is 0 Å². The van der Waals surface area contributed by atoms with E-state index in [9.17, 15) is 22.8 Å². The first-order valence-corrected chi connectivity index (χ1v) is 9.49. The molecular weight excluding hydrogens is 411 g/mol. The topological polar surface area (TPSA) is 73.2 Å². The molecule has 9 heteroatoms. The van der Waals surface area contributed by atoms with Crippen LogP contribution in [0.15, 0.2) is 71.5 Å². The number of aromatic nitrogens is 2. The number of carbonyl (C=O) groups is 1. The standard InChI is InChI=1S/C22H20F3N3O3/c1-15(28-20(29)11-10-19(27-28)16-6-3-2-4-7-16)21(30)26-12-13-31-18-9-5-8-17(14-18)22(23,24)25/h2-11,14-15H,12-13H2,1H3,(H,26,30). The van der Waals surface area contributed by atoms with Crippen molar-refractivity contribution < 1.29 is 22.7 Å². The Morgan fingerprint density at radius 2 is 1.84 bits per heavy atom. The van der Waals surface area contributed by atoms with Gasteiger partial charge < -0.3 is 10.1 Å². The molecule has 2 aromatic carbocycles. The van der Waals surface area contributed by atoms with Crippen molar-refractivity contribution in [3.8, 4) is 17.0 Å². The van der Waals surface area contributed by atoms with E-state index in [4.69, 9.17) is 4.74 Å². The highest BCUT2D eigenvalue weighted by atomic mass is 19.4. The second kappa shape index (κ2) is 9.46. The summed E-state index contributed by atoms with van der Waals surface area (Å²) in [5.74, 6) is -0.418. The number of nitrogens with zero attached hydrogens (tertiary/aromatic N) is 2. The molecule has 0 spiro atoms. The molecule has 1 heterocycles. The molecule has 162 valence electrons. The number of benzene rings is 2. The lowest BCUT2D eigenvalue weighted by molar-refractivity contribution is -0.137. The number of ether oxygens (including phenoxy) is 1. The number of nitrogens with one attached hydrogen (secondary N) is 1. The Morgan fingerprint density at radius 1 is 1.10 bits per heavy atom. The molecule has 0 bridgehead atoms. The van der Waals surface area contributed by atoms with Gasteiger partial charge in [0.25, 0.3) is 5.56 Å². The van der Waals surface area contributed by atoms with Crippen LogP contribution in [0.25, 0.3) is 11.3 Å². The summed E-state index contributed by atoms with van der Waals surface area (Å²) >= 11 is 0. The van der Waals surface area contributed by atoms with Gasteiger partial charge >= 0.3 is 6.18 Å². The Morgan fingerprint density at radius 3 is 2.55 bits per heavy atom. The molecule has 0 radical (unpaired) electrons. The van der Waals surface area contributed by atoms with Crippen molar-refractivity contribution in [2.45, 2.75) is 19.1 Å². The molecule has 0 aliphatic carbocycles. The molecule has 1 unspecified atom stereocenters. The Labute approximate surface area is 176 Å². The van der Waals surface area contributed by atoms with Gasteiger partial charge in [-0.05, 0) is 31.2 Å². The summed E-state index contributed by atoms with van der Waals surface area (Å²) in [7, 11) is 0. The molecule has 1 N–H and O–H groups in total. The van der Waals surface area contributed by atoms with Crippen LogP contribution in [0.1, 0.15) is 18.5 Å². The summed E-state index contributed by atoms with van der Waals surface area (Å²) in [4.78, 5) is 24.6. The first-order valence-electron chi connectivity index (χ1n) is 9.49. The Bertz CT molecular complexity index is 1100. The maximum atomic E-state index is 12.7. The van der Waals surface area contributed by atoms with E-state index in [0.29, 0.717) is 5.69 Å². The normalized spacial score (nSPS) is 12.3. The van der Waals surface area contributed by atoms with Gasteiger partial charge in [-0.2, -0.15) is 18.3 Å². The van der Waals surface area contributed by atoms with Crippen LogP contribution in [0.2, 0.25) is 0 Å². The van der Waals surface area contributed by atoms with Crippen molar-refractivity contribution in [3.63, 3.8) is 0 Å². The van der Waals surface area contributed by atoms with E-state index in [1.807, 2.05) is 30.3 Å². The Balaban J connectivity index is 1.58. The molecule has 0 fully saturated rings. The maximum Gasteiger partial charge on any atom is 0.416 e. The third-order valence-corrected chi connectivity index (χ3v) is 4.47. The lowest BCUT2D eigenvalue weighted by Crippen LogP contribution is -2.38. The number of halogens is 3. The summed E-state index contributed by atoms with van der Waals surface area (Å²) in [6.07, 6.45) is -4.46. The van der Waals surface area contributed by atoms with Crippen molar-refractivity contribution in [3.05, 3.63) is 82.6 Å². The second-order valence-corrected chi connectivity index (χ2v) is 6.71. The van der Waals surface area contributed by atoms with E-state index in [-0.39, 0.29) is 18.9 Å². The molecule has 0 saturated heterocycles. The van der Waals surface area contributed by atoms with E-state index >= 15 is 0 Å². The van der Waals surface area contributed by atoms with E-state index < -0.39 is 29.2 Å². The molecule has 3 rings (SSSR count). The molecule has 0 aliphatic heterocycles. The monoisotopic (exact) mass is 431 g/mol. The molecule has 1 amide bonds. The predicted octanol–water partition coefficient (Wildman–Crippen LogP) is 3.69. The summed E-state index contributed by atoms with van der Waals surface area (Å²) in [6.45, 7) is 1.55. The molecule has 6 nitrogen and oxygen atoms in total. The number of hydrogen-bond donors (Lipinski definition) is 1. The van der Waals surface area contributed by atoms with Crippen molar-refractivity contribution in [2.24, 2.45) is 0 Å². The van der Waals surface area contributed by atoms with E-state index in [1.54, 1.807) is 6.07 Å². The first-order chi connectivity index (χ1) is 14.8. The molecule has 3 aromatic rings. The third-order valence-electron chi connectivity index (χ3n) is 4.47. The zero-order valence-corrected chi connectivity index (χ0v) is 16.6. The fourth-order valence-electron chi connectivity index (χ4n) is 2.83. The summed E-state index contributed by atoms with van der Waals surface area (Å²) in [5.41, 5.74) is 0.111. The number of amides is 1. The van der Waals surface area contributed by atoms with E-state index in [2.05, 4.69) is 10.4 Å². The molecule has 1 atom stereocenters. The van der Waals surface area contributed by atoms with Gasteiger partial charge in [0.2, 0.25) is 5.91 Å². The highest BCUT2D eigenvalue weighted by molar-refractivity contribution is 5.79. The zero-order valence-electron chi connectivity index (χ0n) is 16.6. The molecule has 1 aromatic heterocycles. The smallest absolute Gasteiger partial charge is 0.416 e. The van der Waals surface area contributed by atoms with Gasteiger partial charge in [0.05, 0.1) is 17.8 Å². The number of rotatable bonds is 7. The SMILES string of the molecule is CC(C(=O)NCCOc1cccc(C(F)(F)F)c1)n1nc(-c2ccccc2)ccc1=O. The van der Waals surface area contributed by atoms with Gasteiger partial charge in [-0.25, -0.2) is 4.68 Å². The minimum Gasteiger partial charge on any atom is -0.492 e. The molecule has 0 saturated carbocycles.